The Morgan fingerprint density at radius 3 is 2.35 bits per heavy atom. The van der Waals surface area contributed by atoms with Crippen molar-refractivity contribution in [2.75, 3.05) is 31.1 Å². The molecule has 5 nitrogen and oxygen atoms in total. The highest BCUT2D eigenvalue weighted by atomic mass is 16.5. The topological polar surface area (TPSA) is 42.0 Å². The minimum atomic E-state index is -0.258. The second-order valence-corrected chi connectivity index (χ2v) is 10.8. The van der Waals surface area contributed by atoms with Gasteiger partial charge in [0.25, 0.3) is 0 Å². The number of para-hydroxylation sites is 1. The zero-order valence-corrected chi connectivity index (χ0v) is 25.3. The van der Waals surface area contributed by atoms with Gasteiger partial charge in [0.1, 0.15) is 17.3 Å². The average molecular weight is 543 g/mol. The summed E-state index contributed by atoms with van der Waals surface area (Å²) in [5.74, 6) is 2.09. The maximum atomic E-state index is 12.9. The second kappa shape index (κ2) is 13.4. The highest BCUT2D eigenvalue weighted by Gasteiger charge is 2.35. The Morgan fingerprint density at radius 1 is 0.900 bits per heavy atom. The molecule has 0 aromatic heterocycles. The van der Waals surface area contributed by atoms with E-state index in [0.29, 0.717) is 12.2 Å². The number of anilines is 1. The van der Waals surface area contributed by atoms with Crippen molar-refractivity contribution in [2.45, 2.75) is 79.2 Å². The van der Waals surface area contributed by atoms with Gasteiger partial charge in [-0.05, 0) is 64.6 Å². The first-order valence-electron chi connectivity index (χ1n) is 15.2. The average Bonchev–Trinajstić information content (AvgIpc) is 2.95. The van der Waals surface area contributed by atoms with Crippen molar-refractivity contribution in [2.24, 2.45) is 0 Å². The van der Waals surface area contributed by atoms with Gasteiger partial charge in [-0.1, -0.05) is 70.4 Å². The van der Waals surface area contributed by atoms with E-state index in [-0.39, 0.29) is 11.5 Å². The molecule has 0 spiro atoms. The third kappa shape index (κ3) is 6.20. The molecule has 2 aromatic carbocycles. The summed E-state index contributed by atoms with van der Waals surface area (Å²) >= 11 is 0. The molecule has 1 atom stereocenters. The predicted molar refractivity (Wildman–Crippen MR) is 166 cm³/mol. The van der Waals surface area contributed by atoms with E-state index in [2.05, 4.69) is 93.8 Å². The van der Waals surface area contributed by atoms with Crippen LogP contribution in [0, 0.1) is 0 Å². The molecule has 40 heavy (non-hydrogen) atoms. The lowest BCUT2D eigenvalue weighted by Gasteiger charge is -2.39. The van der Waals surface area contributed by atoms with E-state index in [4.69, 9.17) is 9.47 Å². The van der Waals surface area contributed by atoms with Crippen LogP contribution in [0.5, 0.6) is 11.5 Å². The number of carbonyl (C=O) groups excluding carboxylic acids is 1. The standard InChI is InChI=1S/C35H46N2O3/c1-7-12-13-14-19-33(38)40-30-18-16-15-17-27(30)34-28-21-20-26(36(8-2)9-3)24-31(28)39-32-25-35(6,23-22-29(32)34)37(10-4)11-5/h15-18,20-25H,7-14,19H2,1-6H3. The van der Waals surface area contributed by atoms with Crippen molar-refractivity contribution in [1.29, 1.82) is 0 Å². The van der Waals surface area contributed by atoms with E-state index in [0.717, 1.165) is 91.3 Å². The number of hydrogen-bond acceptors (Lipinski definition) is 5. The van der Waals surface area contributed by atoms with Crippen LogP contribution in [0.15, 0.2) is 72.0 Å². The normalized spacial score (nSPS) is 17.7. The van der Waals surface area contributed by atoms with Gasteiger partial charge in [-0.3, -0.25) is 9.69 Å². The lowest BCUT2D eigenvalue weighted by Crippen LogP contribution is -2.44. The number of likely N-dealkylation sites (N-methyl/N-ethyl adjacent to an activating group) is 1. The van der Waals surface area contributed by atoms with Gasteiger partial charge < -0.3 is 14.4 Å². The summed E-state index contributed by atoms with van der Waals surface area (Å²) in [6, 6.07) is 14.4. The summed E-state index contributed by atoms with van der Waals surface area (Å²) in [4.78, 5) is 17.6. The number of fused-ring (bicyclic) bond motifs is 2. The Bertz CT molecular complexity index is 1280. The van der Waals surface area contributed by atoms with Crippen LogP contribution in [0.4, 0.5) is 5.69 Å². The first-order valence-corrected chi connectivity index (χ1v) is 15.2. The Morgan fingerprint density at radius 2 is 1.65 bits per heavy atom. The minimum Gasteiger partial charge on any atom is -0.456 e. The molecule has 0 N–H and O–H groups in total. The van der Waals surface area contributed by atoms with Crippen LogP contribution in [-0.2, 0) is 4.79 Å². The molecule has 0 bridgehead atoms. The van der Waals surface area contributed by atoms with Crippen LogP contribution in [0.2, 0.25) is 0 Å². The first kappa shape index (κ1) is 29.7. The van der Waals surface area contributed by atoms with Gasteiger partial charge in [-0.2, -0.15) is 0 Å². The van der Waals surface area contributed by atoms with E-state index >= 15 is 0 Å². The molecule has 0 saturated heterocycles. The van der Waals surface area contributed by atoms with E-state index in [1.54, 1.807) is 0 Å². The molecular weight excluding hydrogens is 496 g/mol. The number of ether oxygens (including phenoxy) is 2. The molecule has 1 aliphatic carbocycles. The summed E-state index contributed by atoms with van der Waals surface area (Å²) in [6.45, 7) is 16.9. The fraction of sp³-hybridized carbons (Fsp3) is 0.457. The summed E-state index contributed by atoms with van der Waals surface area (Å²) in [5, 5.41) is 0. The van der Waals surface area contributed by atoms with Crippen LogP contribution < -0.4 is 14.4 Å². The van der Waals surface area contributed by atoms with Crippen LogP contribution in [0.25, 0.3) is 5.57 Å². The zero-order valence-electron chi connectivity index (χ0n) is 25.3. The molecule has 214 valence electrons. The largest absolute Gasteiger partial charge is 0.456 e. The van der Waals surface area contributed by atoms with Crippen LogP contribution in [0.1, 0.15) is 84.8 Å². The summed E-state index contributed by atoms with van der Waals surface area (Å²) in [7, 11) is 0. The fourth-order valence-corrected chi connectivity index (χ4v) is 5.89. The van der Waals surface area contributed by atoms with Crippen LogP contribution >= 0.6 is 0 Å². The highest BCUT2D eigenvalue weighted by molar-refractivity contribution is 5.93. The van der Waals surface area contributed by atoms with Crippen molar-refractivity contribution in [1.82, 2.24) is 4.90 Å². The highest BCUT2D eigenvalue weighted by Crippen LogP contribution is 2.47. The molecule has 5 heteroatoms. The van der Waals surface area contributed by atoms with Gasteiger partial charge in [0.2, 0.25) is 0 Å². The zero-order chi connectivity index (χ0) is 28.7. The van der Waals surface area contributed by atoms with E-state index in [1.807, 2.05) is 18.2 Å². The Hall–Kier alpha value is -3.31. The third-order valence-corrected chi connectivity index (χ3v) is 8.19. The van der Waals surface area contributed by atoms with Crippen molar-refractivity contribution in [3.05, 3.63) is 83.2 Å². The number of allylic oxidation sites excluding steroid dienone is 1. The van der Waals surface area contributed by atoms with Crippen molar-refractivity contribution in [3.63, 3.8) is 0 Å². The lowest BCUT2D eigenvalue weighted by molar-refractivity contribution is -0.134. The Labute approximate surface area is 241 Å². The molecule has 1 unspecified atom stereocenters. The SMILES string of the molecule is CCCCCCC(=O)Oc1ccccc1C1=C2C=CC(C)(N(CC)CC)C=C2Oc2cc(N(CC)CC)ccc21. The lowest BCUT2D eigenvalue weighted by atomic mass is 9.83. The monoisotopic (exact) mass is 542 g/mol. The van der Waals surface area contributed by atoms with Gasteiger partial charge in [-0.15, -0.1) is 0 Å². The second-order valence-electron chi connectivity index (χ2n) is 10.8. The molecule has 2 aromatic rings. The molecule has 1 aliphatic heterocycles. The van der Waals surface area contributed by atoms with Gasteiger partial charge in [-0.25, -0.2) is 0 Å². The van der Waals surface area contributed by atoms with E-state index in [9.17, 15) is 4.79 Å². The smallest absolute Gasteiger partial charge is 0.311 e. The Balaban J connectivity index is 1.82. The van der Waals surface area contributed by atoms with Gasteiger partial charge in [0.15, 0.2) is 0 Å². The number of hydrogen-bond donors (Lipinski definition) is 0. The number of benzene rings is 2. The quantitative estimate of drug-likeness (QED) is 0.145. The maximum absolute atomic E-state index is 12.9. The first-order chi connectivity index (χ1) is 19.4. The molecule has 2 aliphatic rings. The summed E-state index contributed by atoms with van der Waals surface area (Å²) < 4.78 is 12.7. The number of unbranched alkanes of at least 4 members (excludes halogenated alkanes) is 3. The molecule has 4 rings (SSSR count). The number of rotatable bonds is 13. The van der Waals surface area contributed by atoms with Crippen LogP contribution in [0.3, 0.4) is 0 Å². The van der Waals surface area contributed by atoms with Gasteiger partial charge >= 0.3 is 5.97 Å². The van der Waals surface area contributed by atoms with E-state index < -0.39 is 0 Å². The fourth-order valence-electron chi connectivity index (χ4n) is 5.89. The summed E-state index contributed by atoms with van der Waals surface area (Å²) in [6.07, 6.45) is 11.3. The van der Waals surface area contributed by atoms with Crippen molar-refractivity contribution in [3.8, 4) is 11.5 Å². The van der Waals surface area contributed by atoms with Crippen molar-refractivity contribution >= 4 is 17.2 Å². The Kier molecular flexibility index (Phi) is 9.91. The van der Waals surface area contributed by atoms with Crippen LogP contribution in [-0.4, -0.2) is 42.6 Å². The molecule has 0 fully saturated rings. The predicted octanol–water partition coefficient (Wildman–Crippen LogP) is 8.16. The summed E-state index contributed by atoms with van der Waals surface area (Å²) in [5.41, 5.74) is 4.83. The van der Waals surface area contributed by atoms with Gasteiger partial charge in [0.05, 0.1) is 5.54 Å². The molecule has 0 amide bonds. The minimum absolute atomic E-state index is 0.178. The van der Waals surface area contributed by atoms with E-state index in [1.165, 1.54) is 0 Å². The molecule has 0 saturated carbocycles. The number of esters is 1. The third-order valence-electron chi connectivity index (χ3n) is 8.19. The molecule has 0 radical (unpaired) electrons. The molecular formula is C35H46N2O3. The number of nitrogens with zero attached hydrogens (tertiary/aromatic N) is 2. The van der Waals surface area contributed by atoms with Crippen molar-refractivity contribution < 1.29 is 14.3 Å². The van der Waals surface area contributed by atoms with Gasteiger partial charge in [0, 0.05) is 53.5 Å². The maximum Gasteiger partial charge on any atom is 0.311 e. The molecule has 1 heterocycles. The number of carbonyl (C=O) groups is 1.